The highest BCUT2D eigenvalue weighted by Gasteiger charge is 2.40. The lowest BCUT2D eigenvalue weighted by Crippen LogP contribution is -2.51. The summed E-state index contributed by atoms with van der Waals surface area (Å²) in [6.07, 6.45) is 1.06. The van der Waals surface area contributed by atoms with Gasteiger partial charge in [0.2, 0.25) is 15.9 Å². The van der Waals surface area contributed by atoms with Gasteiger partial charge in [-0.15, -0.1) is 0 Å². The van der Waals surface area contributed by atoms with Crippen LogP contribution in [-0.4, -0.2) is 68.5 Å². The Hall–Kier alpha value is -4.42. The largest absolute Gasteiger partial charge is 0.482 e. The second kappa shape index (κ2) is 15.4. The smallest absolute Gasteiger partial charge is 0.344 e. The Morgan fingerprint density at radius 2 is 1.57 bits per heavy atom. The molecule has 12 heteroatoms. The SMILES string of the molecule is COC(=O)[C@H](Cc1ccc(NCc2ccc(OCC(=O)OC(C)(C)C)cc2)cc1)NC(=O)[C@@H]1CCCN1S(=O)(=O)c1ccc(C)cc1. The summed E-state index contributed by atoms with van der Waals surface area (Å²) in [5, 5.41) is 6.08. The summed E-state index contributed by atoms with van der Waals surface area (Å²) in [7, 11) is -2.64. The molecular weight excluding hydrogens is 622 g/mol. The van der Waals surface area contributed by atoms with Crippen LogP contribution in [0.1, 0.15) is 50.3 Å². The van der Waals surface area contributed by atoms with E-state index in [4.69, 9.17) is 14.2 Å². The molecule has 1 saturated heterocycles. The predicted molar refractivity (Wildman–Crippen MR) is 177 cm³/mol. The molecule has 0 radical (unpaired) electrons. The van der Waals surface area contributed by atoms with Gasteiger partial charge in [-0.3, -0.25) is 4.79 Å². The van der Waals surface area contributed by atoms with Gasteiger partial charge in [-0.1, -0.05) is 42.0 Å². The second-order valence-electron chi connectivity index (χ2n) is 12.4. The van der Waals surface area contributed by atoms with Gasteiger partial charge in [-0.25, -0.2) is 18.0 Å². The van der Waals surface area contributed by atoms with Gasteiger partial charge >= 0.3 is 11.9 Å². The minimum atomic E-state index is -3.89. The number of esters is 2. The Labute approximate surface area is 276 Å². The van der Waals surface area contributed by atoms with Crippen molar-refractivity contribution in [3.63, 3.8) is 0 Å². The van der Waals surface area contributed by atoms with Gasteiger partial charge in [-0.2, -0.15) is 4.31 Å². The van der Waals surface area contributed by atoms with Gasteiger partial charge < -0.3 is 24.8 Å². The molecule has 2 atom stereocenters. The molecule has 1 aliphatic rings. The molecule has 0 saturated carbocycles. The number of hydrogen-bond acceptors (Lipinski definition) is 9. The highest BCUT2D eigenvalue weighted by Crippen LogP contribution is 2.27. The molecule has 4 rings (SSSR count). The minimum absolute atomic E-state index is 0.127. The molecule has 0 spiro atoms. The summed E-state index contributed by atoms with van der Waals surface area (Å²) < 4.78 is 43.6. The van der Waals surface area contributed by atoms with Gasteiger partial charge in [0, 0.05) is 25.2 Å². The van der Waals surface area contributed by atoms with Gasteiger partial charge in [0.15, 0.2) is 6.61 Å². The van der Waals surface area contributed by atoms with Crippen molar-refractivity contribution in [1.82, 2.24) is 9.62 Å². The highest BCUT2D eigenvalue weighted by atomic mass is 32.2. The third kappa shape index (κ3) is 10.0. The molecule has 252 valence electrons. The number of nitrogens with one attached hydrogen (secondary N) is 2. The lowest BCUT2D eigenvalue weighted by molar-refractivity contribution is -0.157. The number of methoxy groups -OCH3 is 1. The van der Waals surface area contributed by atoms with E-state index >= 15 is 0 Å². The molecule has 3 aromatic rings. The summed E-state index contributed by atoms with van der Waals surface area (Å²) in [6, 6.07) is 19.4. The lowest BCUT2D eigenvalue weighted by Gasteiger charge is -2.25. The van der Waals surface area contributed by atoms with E-state index in [1.807, 2.05) is 43.3 Å². The fourth-order valence-corrected chi connectivity index (χ4v) is 6.81. The maximum absolute atomic E-state index is 13.4. The van der Waals surface area contributed by atoms with Crippen molar-refractivity contribution < 1.29 is 37.0 Å². The van der Waals surface area contributed by atoms with Crippen LogP contribution in [0.25, 0.3) is 0 Å². The third-order valence-corrected chi connectivity index (χ3v) is 9.45. The van der Waals surface area contributed by atoms with Crippen LogP contribution in [0.15, 0.2) is 77.7 Å². The minimum Gasteiger partial charge on any atom is -0.482 e. The molecule has 2 N–H and O–H groups in total. The second-order valence-corrected chi connectivity index (χ2v) is 14.3. The van der Waals surface area contributed by atoms with Crippen LogP contribution in [0.2, 0.25) is 0 Å². The molecular formula is C35H43N3O8S. The van der Waals surface area contributed by atoms with Crippen LogP contribution >= 0.6 is 0 Å². The number of carbonyl (C=O) groups excluding carboxylic acids is 3. The molecule has 1 heterocycles. The molecule has 0 unspecified atom stereocenters. The highest BCUT2D eigenvalue weighted by molar-refractivity contribution is 7.89. The van der Waals surface area contributed by atoms with Crippen molar-refractivity contribution >= 4 is 33.6 Å². The average Bonchev–Trinajstić information content (AvgIpc) is 3.54. The molecule has 47 heavy (non-hydrogen) atoms. The molecule has 0 bridgehead atoms. The van der Waals surface area contributed by atoms with E-state index in [2.05, 4.69) is 10.6 Å². The first kappa shape index (κ1) is 35.4. The third-order valence-electron chi connectivity index (χ3n) is 7.53. The van der Waals surface area contributed by atoms with Crippen molar-refractivity contribution in [1.29, 1.82) is 0 Å². The Bertz CT molecular complexity index is 1630. The topological polar surface area (TPSA) is 140 Å². The number of rotatable bonds is 13. The van der Waals surface area contributed by atoms with Gasteiger partial charge in [-0.05, 0) is 88.1 Å². The molecule has 3 aromatic carbocycles. The van der Waals surface area contributed by atoms with Gasteiger partial charge in [0.1, 0.15) is 23.4 Å². The molecule has 1 fully saturated rings. The Morgan fingerprint density at radius 3 is 2.19 bits per heavy atom. The van der Waals surface area contributed by atoms with Crippen LogP contribution in [0.3, 0.4) is 0 Å². The molecule has 0 aromatic heterocycles. The number of hydrogen-bond donors (Lipinski definition) is 2. The first-order valence-electron chi connectivity index (χ1n) is 15.5. The van der Waals surface area contributed by atoms with Crippen LogP contribution in [0, 0.1) is 6.92 Å². The summed E-state index contributed by atoms with van der Waals surface area (Å²) in [5.41, 5.74) is 2.99. The van der Waals surface area contributed by atoms with E-state index in [9.17, 15) is 22.8 Å². The number of amides is 1. The lowest BCUT2D eigenvalue weighted by atomic mass is 10.0. The Balaban J connectivity index is 1.31. The first-order chi connectivity index (χ1) is 22.2. The van der Waals surface area contributed by atoms with Crippen LogP contribution in [0.4, 0.5) is 5.69 Å². The average molecular weight is 666 g/mol. The van der Waals surface area contributed by atoms with E-state index in [1.54, 1.807) is 45.0 Å². The Kier molecular flexibility index (Phi) is 11.6. The number of aryl methyl sites for hydroxylation is 1. The molecule has 1 amide bonds. The van der Waals surface area contributed by atoms with E-state index in [0.717, 1.165) is 22.4 Å². The standard InChI is InChI=1S/C35H43N3O8S/c1-24-8-18-29(19-9-24)47(42,43)38-20-6-7-31(38)33(40)37-30(34(41)44-5)21-25-10-14-27(15-11-25)36-22-26-12-16-28(17-13-26)45-23-32(39)46-35(2,3)4/h8-19,30-31,36H,6-7,20-23H2,1-5H3,(H,37,40)/t30-,31-/m0/s1. The maximum atomic E-state index is 13.4. The number of sulfonamides is 1. The number of ether oxygens (including phenoxy) is 3. The van der Waals surface area contributed by atoms with Crippen LogP contribution < -0.4 is 15.4 Å². The zero-order valence-corrected chi connectivity index (χ0v) is 28.3. The van der Waals surface area contributed by atoms with Gasteiger partial charge in [0.05, 0.1) is 12.0 Å². The van der Waals surface area contributed by atoms with Crippen molar-refractivity contribution in [3.8, 4) is 5.75 Å². The molecule has 0 aliphatic carbocycles. The number of nitrogens with zero attached hydrogens (tertiary/aromatic N) is 1. The fraction of sp³-hybridized carbons (Fsp3) is 0.400. The monoisotopic (exact) mass is 665 g/mol. The zero-order valence-electron chi connectivity index (χ0n) is 27.4. The Morgan fingerprint density at radius 1 is 0.936 bits per heavy atom. The summed E-state index contributed by atoms with van der Waals surface area (Å²) >= 11 is 0. The quantitative estimate of drug-likeness (QED) is 0.255. The van der Waals surface area contributed by atoms with E-state index < -0.39 is 45.6 Å². The van der Waals surface area contributed by atoms with Crippen molar-refractivity contribution in [2.45, 2.75) is 76.1 Å². The normalized spacial score (nSPS) is 15.8. The molecule has 1 aliphatic heterocycles. The van der Waals surface area contributed by atoms with E-state index in [-0.39, 0.29) is 24.5 Å². The maximum Gasteiger partial charge on any atom is 0.344 e. The fourth-order valence-electron chi connectivity index (χ4n) is 5.15. The number of benzene rings is 3. The van der Waals surface area contributed by atoms with Crippen molar-refractivity contribution in [2.24, 2.45) is 0 Å². The van der Waals surface area contributed by atoms with Gasteiger partial charge in [0.25, 0.3) is 0 Å². The van der Waals surface area contributed by atoms with Crippen LogP contribution in [0.5, 0.6) is 5.75 Å². The number of anilines is 1. The summed E-state index contributed by atoms with van der Waals surface area (Å²) in [4.78, 5) is 38.0. The molecule has 11 nitrogen and oxygen atoms in total. The van der Waals surface area contributed by atoms with Crippen molar-refractivity contribution in [2.75, 3.05) is 25.6 Å². The van der Waals surface area contributed by atoms with E-state index in [1.165, 1.54) is 23.5 Å². The predicted octanol–water partition coefficient (Wildman–Crippen LogP) is 4.38. The summed E-state index contributed by atoms with van der Waals surface area (Å²) in [5.74, 6) is -1.03. The van der Waals surface area contributed by atoms with Crippen molar-refractivity contribution in [3.05, 3.63) is 89.5 Å². The first-order valence-corrected chi connectivity index (χ1v) is 16.9. The summed E-state index contributed by atoms with van der Waals surface area (Å²) in [6.45, 7) is 7.86. The number of carbonyl (C=O) groups is 3. The van der Waals surface area contributed by atoms with E-state index in [0.29, 0.717) is 25.1 Å². The van der Waals surface area contributed by atoms with Crippen LogP contribution in [-0.2, 0) is 46.8 Å². The zero-order chi connectivity index (χ0) is 34.2.